The minimum absolute atomic E-state index is 0. The van der Waals surface area contributed by atoms with Crippen LogP contribution in [0.1, 0.15) is 13.3 Å². The summed E-state index contributed by atoms with van der Waals surface area (Å²) in [4.78, 5) is 9.32. The van der Waals surface area contributed by atoms with Crippen LogP contribution < -0.4 is 10.1 Å². The Morgan fingerprint density at radius 3 is 2.69 bits per heavy atom. The Hall–Kier alpha value is -1.06. The highest BCUT2D eigenvalue weighted by Gasteiger charge is 2.09. The number of hydrogen-bond donors (Lipinski definition) is 1. The van der Waals surface area contributed by atoms with E-state index in [1.807, 2.05) is 30.3 Å². The number of aliphatic imine (C=N–C) groups is 1. The van der Waals surface area contributed by atoms with Crippen molar-refractivity contribution in [1.29, 1.82) is 0 Å². The highest BCUT2D eigenvalue weighted by Crippen LogP contribution is 2.07. The summed E-state index contributed by atoms with van der Waals surface area (Å²) in [5, 5.41) is 3.36. The summed E-state index contributed by atoms with van der Waals surface area (Å²) in [5.74, 6) is 1.85. The van der Waals surface area contributed by atoms with Gasteiger partial charge in [-0.3, -0.25) is 9.89 Å². The second kappa shape index (κ2) is 14.1. The Bertz CT molecular complexity index is 496. The zero-order valence-corrected chi connectivity index (χ0v) is 18.4. The Morgan fingerprint density at radius 2 is 2.00 bits per heavy atom. The Balaban J connectivity index is 0.00000338. The molecule has 1 fully saturated rings. The van der Waals surface area contributed by atoms with E-state index < -0.39 is 0 Å². The van der Waals surface area contributed by atoms with Gasteiger partial charge in [-0.2, -0.15) is 0 Å². The maximum Gasteiger partial charge on any atom is 0.193 e. The molecule has 6 nitrogen and oxygen atoms in total. The fourth-order valence-electron chi connectivity index (χ4n) is 2.70. The van der Waals surface area contributed by atoms with Crippen molar-refractivity contribution in [3.8, 4) is 5.75 Å². The van der Waals surface area contributed by atoms with Crippen LogP contribution in [-0.4, -0.2) is 81.9 Å². The first-order valence-electron chi connectivity index (χ1n) is 9.27. The molecule has 1 aromatic rings. The number of ether oxygens (including phenoxy) is 2. The van der Waals surface area contributed by atoms with E-state index >= 15 is 0 Å². The zero-order chi connectivity index (χ0) is 17.7. The van der Waals surface area contributed by atoms with Gasteiger partial charge in [-0.1, -0.05) is 18.2 Å². The van der Waals surface area contributed by atoms with Crippen LogP contribution in [0.4, 0.5) is 0 Å². The number of benzene rings is 1. The topological polar surface area (TPSA) is 49.3 Å². The molecule has 0 spiro atoms. The molecule has 1 heterocycles. The molecule has 0 aromatic heterocycles. The summed E-state index contributed by atoms with van der Waals surface area (Å²) in [6, 6.07) is 9.92. The highest BCUT2D eigenvalue weighted by atomic mass is 127. The summed E-state index contributed by atoms with van der Waals surface area (Å²) < 4.78 is 11.1. The van der Waals surface area contributed by atoms with Crippen LogP contribution in [0.15, 0.2) is 35.3 Å². The van der Waals surface area contributed by atoms with E-state index in [0.29, 0.717) is 6.61 Å². The number of nitrogens with one attached hydrogen (secondary N) is 1. The summed E-state index contributed by atoms with van der Waals surface area (Å²) >= 11 is 0. The third-order valence-corrected chi connectivity index (χ3v) is 4.13. The van der Waals surface area contributed by atoms with Gasteiger partial charge in [0.05, 0.1) is 19.8 Å². The highest BCUT2D eigenvalue weighted by molar-refractivity contribution is 14.0. The monoisotopic (exact) mass is 476 g/mol. The number of rotatable bonds is 9. The second-order valence-electron chi connectivity index (χ2n) is 6.13. The van der Waals surface area contributed by atoms with Gasteiger partial charge >= 0.3 is 0 Å². The fourth-order valence-corrected chi connectivity index (χ4v) is 2.70. The molecular weight excluding hydrogens is 443 g/mol. The number of morpholine rings is 1. The molecule has 0 saturated carbocycles. The number of likely N-dealkylation sites (N-methyl/N-ethyl adjacent to an activating group) is 1. The van der Waals surface area contributed by atoms with Crippen molar-refractivity contribution in [2.75, 3.05) is 66.1 Å². The maximum atomic E-state index is 5.77. The van der Waals surface area contributed by atoms with Gasteiger partial charge in [0.2, 0.25) is 0 Å². The van der Waals surface area contributed by atoms with Crippen LogP contribution in [0.2, 0.25) is 0 Å². The third-order valence-electron chi connectivity index (χ3n) is 4.13. The van der Waals surface area contributed by atoms with Gasteiger partial charge in [0.1, 0.15) is 12.4 Å². The Morgan fingerprint density at radius 1 is 1.27 bits per heavy atom. The molecule has 1 aliphatic heterocycles. The molecule has 1 saturated heterocycles. The predicted octanol–water partition coefficient (Wildman–Crippen LogP) is 2.30. The summed E-state index contributed by atoms with van der Waals surface area (Å²) in [6.07, 6.45) is 1.07. The molecule has 0 radical (unpaired) electrons. The van der Waals surface area contributed by atoms with E-state index in [9.17, 15) is 0 Å². The Kier molecular flexibility index (Phi) is 12.4. The van der Waals surface area contributed by atoms with Crippen molar-refractivity contribution in [2.45, 2.75) is 13.3 Å². The molecule has 0 aliphatic carbocycles. The lowest BCUT2D eigenvalue weighted by Crippen LogP contribution is -2.41. The molecule has 148 valence electrons. The molecule has 7 heteroatoms. The number of para-hydroxylation sites is 1. The molecule has 0 amide bonds. The molecule has 1 aromatic carbocycles. The van der Waals surface area contributed by atoms with E-state index in [1.54, 1.807) is 0 Å². The van der Waals surface area contributed by atoms with Crippen LogP contribution in [0.5, 0.6) is 5.75 Å². The largest absolute Gasteiger partial charge is 0.492 e. The average Bonchev–Trinajstić information content (AvgIpc) is 2.66. The average molecular weight is 476 g/mol. The predicted molar refractivity (Wildman–Crippen MR) is 118 cm³/mol. The molecule has 2 rings (SSSR count). The number of hydrogen-bond acceptors (Lipinski definition) is 4. The molecule has 0 bridgehead atoms. The minimum atomic E-state index is 0. The van der Waals surface area contributed by atoms with E-state index in [-0.39, 0.29) is 24.0 Å². The van der Waals surface area contributed by atoms with Gasteiger partial charge in [-0.15, -0.1) is 24.0 Å². The van der Waals surface area contributed by atoms with Gasteiger partial charge in [0.25, 0.3) is 0 Å². The number of guanidine groups is 1. The molecular formula is C19H33IN4O2. The first kappa shape index (κ1) is 23.0. The first-order chi connectivity index (χ1) is 12.3. The normalized spacial score (nSPS) is 15.2. The van der Waals surface area contributed by atoms with Crippen LogP contribution >= 0.6 is 24.0 Å². The summed E-state index contributed by atoms with van der Waals surface area (Å²) in [7, 11) is 2.05. The SMILES string of the molecule is CCNC(=NCCCN1CCOCC1)N(C)CCOc1ccccc1.I. The van der Waals surface area contributed by atoms with Crippen molar-refractivity contribution < 1.29 is 9.47 Å². The smallest absolute Gasteiger partial charge is 0.193 e. The third kappa shape index (κ3) is 9.05. The summed E-state index contributed by atoms with van der Waals surface area (Å²) in [6.45, 7) is 10.1. The summed E-state index contributed by atoms with van der Waals surface area (Å²) in [5.41, 5.74) is 0. The lowest BCUT2D eigenvalue weighted by Gasteiger charge is -2.26. The van der Waals surface area contributed by atoms with Crippen LogP contribution in [0.25, 0.3) is 0 Å². The molecule has 1 N–H and O–H groups in total. The second-order valence-corrected chi connectivity index (χ2v) is 6.13. The van der Waals surface area contributed by atoms with E-state index in [1.165, 1.54) is 0 Å². The minimum Gasteiger partial charge on any atom is -0.492 e. The number of nitrogens with zero attached hydrogens (tertiary/aromatic N) is 3. The van der Waals surface area contributed by atoms with Crippen LogP contribution in [-0.2, 0) is 4.74 Å². The molecule has 0 atom stereocenters. The van der Waals surface area contributed by atoms with Gasteiger partial charge in [-0.25, -0.2) is 0 Å². The van der Waals surface area contributed by atoms with Crippen LogP contribution in [0, 0.1) is 0 Å². The van der Waals surface area contributed by atoms with Gasteiger partial charge in [0.15, 0.2) is 5.96 Å². The lowest BCUT2D eigenvalue weighted by molar-refractivity contribution is 0.0377. The van der Waals surface area contributed by atoms with Crippen molar-refractivity contribution in [2.24, 2.45) is 4.99 Å². The van der Waals surface area contributed by atoms with Crippen molar-refractivity contribution in [3.63, 3.8) is 0 Å². The van der Waals surface area contributed by atoms with Gasteiger partial charge < -0.3 is 19.7 Å². The molecule has 1 aliphatic rings. The molecule has 26 heavy (non-hydrogen) atoms. The first-order valence-corrected chi connectivity index (χ1v) is 9.27. The van der Waals surface area contributed by atoms with Gasteiger partial charge in [0, 0.05) is 39.8 Å². The van der Waals surface area contributed by atoms with Gasteiger partial charge in [-0.05, 0) is 25.5 Å². The Labute approximate surface area is 175 Å². The lowest BCUT2D eigenvalue weighted by atomic mass is 10.3. The van der Waals surface area contributed by atoms with Crippen LogP contribution in [0.3, 0.4) is 0 Å². The fraction of sp³-hybridized carbons (Fsp3) is 0.632. The molecule has 0 unspecified atom stereocenters. The quantitative estimate of drug-likeness (QED) is 0.257. The van der Waals surface area contributed by atoms with Crippen molar-refractivity contribution in [3.05, 3.63) is 30.3 Å². The van der Waals surface area contributed by atoms with E-state index in [0.717, 1.165) is 70.6 Å². The zero-order valence-electron chi connectivity index (χ0n) is 16.0. The standard InChI is InChI=1S/C19H32N4O2.HI/c1-3-20-19(21-10-7-11-23-13-15-24-16-14-23)22(2)12-17-25-18-8-5-4-6-9-18;/h4-6,8-9H,3,7,10-17H2,1-2H3,(H,20,21);1H. The van der Waals surface area contributed by atoms with E-state index in [2.05, 4.69) is 29.1 Å². The number of halogens is 1. The van der Waals surface area contributed by atoms with Crippen molar-refractivity contribution in [1.82, 2.24) is 15.1 Å². The van der Waals surface area contributed by atoms with Crippen molar-refractivity contribution >= 4 is 29.9 Å². The maximum absolute atomic E-state index is 5.77. The van der Waals surface area contributed by atoms with E-state index in [4.69, 9.17) is 14.5 Å².